The number of carbonyl (C=O) groups is 1. The van der Waals surface area contributed by atoms with Crippen LogP contribution in [-0.4, -0.2) is 53.6 Å². The average molecular weight is 433 g/mol. The van der Waals surface area contributed by atoms with Crippen LogP contribution in [0.5, 0.6) is 5.75 Å². The molecule has 0 spiro atoms. The van der Waals surface area contributed by atoms with E-state index >= 15 is 0 Å². The highest BCUT2D eigenvalue weighted by atomic mass is 19.1. The van der Waals surface area contributed by atoms with Crippen LogP contribution in [0, 0.1) is 12.4 Å². The number of aromatic nitrogens is 2. The van der Waals surface area contributed by atoms with E-state index in [0.29, 0.717) is 35.9 Å². The number of nitrogens with zero attached hydrogens (tertiary/aromatic N) is 4. The number of rotatable bonds is 5. The van der Waals surface area contributed by atoms with E-state index in [-0.39, 0.29) is 17.6 Å². The molecule has 0 saturated carbocycles. The van der Waals surface area contributed by atoms with Crippen LogP contribution in [0.25, 0.3) is 21.9 Å². The number of likely N-dealkylation sites (tertiary alicyclic amines) is 1. The lowest BCUT2D eigenvalue weighted by Crippen LogP contribution is -2.47. The van der Waals surface area contributed by atoms with Gasteiger partial charge in [-0.05, 0) is 50.2 Å². The second-order valence-corrected chi connectivity index (χ2v) is 7.67. The zero-order valence-electron chi connectivity index (χ0n) is 18.0. The molecule has 1 aliphatic heterocycles. The van der Waals surface area contributed by atoms with Gasteiger partial charge in [0.2, 0.25) is 5.69 Å². The Morgan fingerprint density at radius 2 is 2.06 bits per heavy atom. The second-order valence-electron chi connectivity index (χ2n) is 7.67. The Bertz CT molecular complexity index is 1170. The van der Waals surface area contributed by atoms with Crippen molar-refractivity contribution < 1.29 is 13.9 Å². The third kappa shape index (κ3) is 4.20. The number of methoxy groups -OCH3 is 1. The van der Waals surface area contributed by atoms with Gasteiger partial charge in [-0.25, -0.2) is 14.2 Å². The molecule has 32 heavy (non-hydrogen) atoms. The summed E-state index contributed by atoms with van der Waals surface area (Å²) >= 11 is 0. The Morgan fingerprint density at radius 1 is 1.28 bits per heavy atom. The maximum absolute atomic E-state index is 14.4. The molecule has 0 unspecified atom stereocenters. The zero-order chi connectivity index (χ0) is 22.7. The van der Waals surface area contributed by atoms with Crippen molar-refractivity contribution in [2.24, 2.45) is 0 Å². The fourth-order valence-corrected chi connectivity index (χ4v) is 3.92. The third-order valence-corrected chi connectivity index (χ3v) is 5.72. The lowest BCUT2D eigenvalue weighted by molar-refractivity contribution is 0.0693. The molecule has 7 nitrogen and oxygen atoms in total. The Hall–Kier alpha value is -3.70. The summed E-state index contributed by atoms with van der Waals surface area (Å²) in [5.41, 5.74) is 1.48. The number of hydrogen-bond acceptors (Lipinski definition) is 4. The normalized spacial score (nSPS) is 15.9. The molecule has 1 fully saturated rings. The van der Waals surface area contributed by atoms with Crippen LogP contribution in [0.4, 0.5) is 10.1 Å². The number of halogens is 1. The van der Waals surface area contributed by atoms with E-state index in [4.69, 9.17) is 11.3 Å². The summed E-state index contributed by atoms with van der Waals surface area (Å²) in [5, 5.41) is 3.24. The van der Waals surface area contributed by atoms with E-state index in [1.165, 1.54) is 12.1 Å². The van der Waals surface area contributed by atoms with E-state index in [2.05, 4.69) is 15.1 Å². The summed E-state index contributed by atoms with van der Waals surface area (Å²) in [5.74, 6) is 0.348. The minimum atomic E-state index is -0.623. The standard InChI is InChI=1S/C24H24FN5O2/c1-26-17-5-4-12-29(14-17)24(31)22-15-30(18-7-9-19(32-3)10-8-18)23(28-22)16-6-11-21(27-2)20(25)13-16/h6-11,13,15,17,26H,4-5,12,14H2,1,3H3/t17-/m1/s1. The van der Waals surface area contributed by atoms with Gasteiger partial charge in [-0.15, -0.1) is 0 Å². The van der Waals surface area contributed by atoms with Crippen LogP contribution < -0.4 is 10.1 Å². The molecule has 3 aromatic rings. The lowest BCUT2D eigenvalue weighted by atomic mass is 10.1. The fraction of sp³-hybridized carbons (Fsp3) is 0.292. The quantitative estimate of drug-likeness (QED) is 0.617. The maximum atomic E-state index is 14.4. The van der Waals surface area contributed by atoms with Crippen molar-refractivity contribution in [2.75, 3.05) is 27.2 Å². The highest BCUT2D eigenvalue weighted by Gasteiger charge is 2.26. The number of likely N-dealkylation sites (N-methyl/N-ethyl adjacent to an activating group) is 1. The molecular formula is C24H24FN5O2. The van der Waals surface area contributed by atoms with Crippen molar-refractivity contribution in [1.82, 2.24) is 19.8 Å². The first kappa shape index (κ1) is 21.5. The Labute approximate surface area is 186 Å². The number of amides is 1. The Morgan fingerprint density at radius 3 is 2.72 bits per heavy atom. The van der Waals surface area contributed by atoms with Gasteiger partial charge in [-0.2, -0.15) is 0 Å². The van der Waals surface area contributed by atoms with Crippen molar-refractivity contribution in [3.8, 4) is 22.8 Å². The summed E-state index contributed by atoms with van der Waals surface area (Å²) in [6.07, 6.45) is 3.63. The van der Waals surface area contributed by atoms with Gasteiger partial charge in [-0.3, -0.25) is 9.36 Å². The first-order valence-electron chi connectivity index (χ1n) is 10.4. The van der Waals surface area contributed by atoms with Crippen LogP contribution >= 0.6 is 0 Å². The van der Waals surface area contributed by atoms with Crippen molar-refractivity contribution in [3.05, 3.63) is 71.6 Å². The molecule has 1 aromatic heterocycles. The van der Waals surface area contributed by atoms with Gasteiger partial charge in [0.1, 0.15) is 23.1 Å². The molecule has 0 radical (unpaired) electrons. The molecule has 0 bridgehead atoms. The predicted molar refractivity (Wildman–Crippen MR) is 120 cm³/mol. The molecule has 1 N–H and O–H groups in total. The van der Waals surface area contributed by atoms with Gasteiger partial charge < -0.3 is 15.0 Å². The van der Waals surface area contributed by atoms with Gasteiger partial charge in [0.05, 0.1) is 13.7 Å². The number of benzene rings is 2. The molecule has 2 aromatic carbocycles. The van der Waals surface area contributed by atoms with Crippen LogP contribution in [0.3, 0.4) is 0 Å². The predicted octanol–water partition coefficient (Wildman–Crippen LogP) is 4.06. The number of piperidine rings is 1. The summed E-state index contributed by atoms with van der Waals surface area (Å²) in [4.78, 5) is 22.8. The molecule has 1 aliphatic rings. The molecule has 164 valence electrons. The molecule has 4 rings (SSSR count). The van der Waals surface area contributed by atoms with Crippen molar-refractivity contribution in [2.45, 2.75) is 18.9 Å². The van der Waals surface area contributed by atoms with Crippen molar-refractivity contribution >= 4 is 11.6 Å². The topological polar surface area (TPSA) is 63.8 Å². The van der Waals surface area contributed by atoms with Crippen LogP contribution in [0.2, 0.25) is 0 Å². The first-order valence-corrected chi connectivity index (χ1v) is 10.4. The van der Waals surface area contributed by atoms with E-state index < -0.39 is 5.82 Å². The maximum Gasteiger partial charge on any atom is 0.274 e. The number of imidazole rings is 1. The summed E-state index contributed by atoms with van der Waals surface area (Å²) in [6.45, 7) is 8.37. The fourth-order valence-electron chi connectivity index (χ4n) is 3.92. The van der Waals surface area contributed by atoms with Crippen LogP contribution in [0.15, 0.2) is 48.7 Å². The molecular weight excluding hydrogens is 409 g/mol. The van der Waals surface area contributed by atoms with Gasteiger partial charge in [-0.1, -0.05) is 12.1 Å². The molecule has 0 aliphatic carbocycles. The van der Waals surface area contributed by atoms with Gasteiger partial charge >= 0.3 is 0 Å². The minimum Gasteiger partial charge on any atom is -0.497 e. The molecule has 1 saturated heterocycles. The molecule has 2 heterocycles. The molecule has 8 heteroatoms. The lowest BCUT2D eigenvalue weighted by Gasteiger charge is -2.32. The minimum absolute atomic E-state index is 0.0565. The summed E-state index contributed by atoms with van der Waals surface area (Å²) in [6, 6.07) is 11.9. The molecule has 1 amide bonds. The van der Waals surface area contributed by atoms with Gasteiger partial charge in [0.25, 0.3) is 5.91 Å². The Balaban J connectivity index is 1.77. The van der Waals surface area contributed by atoms with Crippen molar-refractivity contribution in [1.29, 1.82) is 0 Å². The number of hydrogen-bond donors (Lipinski definition) is 1. The largest absolute Gasteiger partial charge is 0.497 e. The highest BCUT2D eigenvalue weighted by Crippen LogP contribution is 2.29. The first-order chi connectivity index (χ1) is 15.5. The monoisotopic (exact) mass is 433 g/mol. The molecule has 1 atom stereocenters. The third-order valence-electron chi connectivity index (χ3n) is 5.72. The highest BCUT2D eigenvalue weighted by molar-refractivity contribution is 5.93. The second kappa shape index (κ2) is 9.20. The SMILES string of the molecule is [C-]#[N+]c1ccc(-c2nc(C(=O)N3CCC[C@@H](NC)C3)cn2-c2ccc(OC)cc2)cc1F. The van der Waals surface area contributed by atoms with Crippen LogP contribution in [0.1, 0.15) is 23.3 Å². The van der Waals surface area contributed by atoms with Gasteiger partial charge in [0.15, 0.2) is 0 Å². The van der Waals surface area contributed by atoms with Crippen LogP contribution in [-0.2, 0) is 0 Å². The summed E-state index contributed by atoms with van der Waals surface area (Å²) in [7, 11) is 3.49. The smallest absolute Gasteiger partial charge is 0.274 e. The van der Waals surface area contributed by atoms with Gasteiger partial charge in [0, 0.05) is 36.6 Å². The van der Waals surface area contributed by atoms with E-state index in [1.54, 1.807) is 28.8 Å². The zero-order valence-corrected chi connectivity index (χ0v) is 18.0. The van der Waals surface area contributed by atoms with E-state index in [1.807, 2.05) is 31.3 Å². The number of carbonyl (C=O) groups excluding carboxylic acids is 1. The van der Waals surface area contributed by atoms with Crippen molar-refractivity contribution in [3.63, 3.8) is 0 Å². The summed E-state index contributed by atoms with van der Waals surface area (Å²) < 4.78 is 21.4. The van der Waals surface area contributed by atoms with E-state index in [9.17, 15) is 9.18 Å². The van der Waals surface area contributed by atoms with E-state index in [0.717, 1.165) is 18.5 Å². The Kier molecular flexibility index (Phi) is 6.19. The average Bonchev–Trinajstić information content (AvgIpc) is 3.29. The number of nitrogens with one attached hydrogen (secondary N) is 1. The number of ether oxygens (including phenoxy) is 1.